The fraction of sp³-hybridized carbons (Fsp3) is 0.333. The average molecular weight is 570 g/mol. The Balaban J connectivity index is 2.04. The normalized spacial score (nSPS) is 12.8. The maximum Gasteiger partial charge on any atom is 0.264 e. The highest BCUT2D eigenvalue weighted by molar-refractivity contribution is 7.92. The van der Waals surface area contributed by atoms with Crippen molar-refractivity contribution in [2.24, 2.45) is 0 Å². The van der Waals surface area contributed by atoms with Gasteiger partial charge in [-0.15, -0.1) is 0 Å². The van der Waals surface area contributed by atoms with Crippen LogP contribution in [-0.4, -0.2) is 43.8 Å². The summed E-state index contributed by atoms with van der Waals surface area (Å²) < 4.78 is 28.8. The molecule has 0 fully saturated rings. The maximum absolute atomic E-state index is 14.0. The van der Waals surface area contributed by atoms with Gasteiger partial charge < -0.3 is 10.2 Å². The topological polar surface area (TPSA) is 86.8 Å². The van der Waals surface area contributed by atoms with Crippen LogP contribution in [0.15, 0.2) is 83.8 Å². The van der Waals surface area contributed by atoms with Gasteiger partial charge in [-0.1, -0.05) is 67.9 Å². The van der Waals surface area contributed by atoms with E-state index >= 15 is 0 Å². The lowest BCUT2D eigenvalue weighted by atomic mass is 10.1. The lowest BCUT2D eigenvalue weighted by molar-refractivity contribution is -0.140. The van der Waals surface area contributed by atoms with Crippen LogP contribution in [0.25, 0.3) is 0 Å². The number of carbonyl (C=O) groups is 2. The molecule has 0 saturated heterocycles. The Morgan fingerprint density at radius 1 is 0.923 bits per heavy atom. The number of rotatable bonds is 12. The van der Waals surface area contributed by atoms with Crippen molar-refractivity contribution in [1.29, 1.82) is 0 Å². The smallest absolute Gasteiger partial charge is 0.264 e. The first kappa shape index (κ1) is 30.2. The molecule has 208 valence electrons. The monoisotopic (exact) mass is 569 g/mol. The lowest BCUT2D eigenvalue weighted by Gasteiger charge is -2.33. The van der Waals surface area contributed by atoms with Crippen LogP contribution in [0.3, 0.4) is 0 Å². The zero-order valence-electron chi connectivity index (χ0n) is 22.8. The number of halogens is 1. The zero-order chi connectivity index (χ0) is 28.6. The summed E-state index contributed by atoms with van der Waals surface area (Å²) in [7, 11) is -4.14. The van der Waals surface area contributed by atoms with Crippen molar-refractivity contribution in [2.45, 2.75) is 64.1 Å². The molecule has 0 aliphatic rings. The Morgan fingerprint density at radius 2 is 1.59 bits per heavy atom. The third kappa shape index (κ3) is 7.83. The second-order valence-electron chi connectivity index (χ2n) is 9.55. The summed E-state index contributed by atoms with van der Waals surface area (Å²) in [6, 6.07) is 21.3. The molecule has 2 amide bonds. The fourth-order valence-corrected chi connectivity index (χ4v) is 5.72. The Kier molecular flexibility index (Phi) is 10.5. The third-order valence-corrected chi connectivity index (χ3v) is 8.59. The molecule has 3 aromatic rings. The van der Waals surface area contributed by atoms with Crippen LogP contribution in [0, 0.1) is 6.92 Å². The first-order valence-corrected chi connectivity index (χ1v) is 14.9. The molecule has 0 unspecified atom stereocenters. The molecular weight excluding hydrogens is 534 g/mol. The Morgan fingerprint density at radius 3 is 2.18 bits per heavy atom. The van der Waals surface area contributed by atoms with E-state index in [2.05, 4.69) is 5.32 Å². The number of carbonyl (C=O) groups excluding carboxylic acids is 2. The van der Waals surface area contributed by atoms with E-state index in [1.165, 1.54) is 29.2 Å². The van der Waals surface area contributed by atoms with Gasteiger partial charge in [0.2, 0.25) is 11.8 Å². The zero-order valence-corrected chi connectivity index (χ0v) is 24.4. The van der Waals surface area contributed by atoms with Gasteiger partial charge in [0.05, 0.1) is 10.6 Å². The highest BCUT2D eigenvalue weighted by Crippen LogP contribution is 2.26. The molecule has 0 aromatic heterocycles. The summed E-state index contributed by atoms with van der Waals surface area (Å²) in [4.78, 5) is 28.8. The van der Waals surface area contributed by atoms with Crippen LogP contribution in [0.5, 0.6) is 0 Å². The number of sulfonamides is 1. The quantitative estimate of drug-likeness (QED) is 0.309. The van der Waals surface area contributed by atoms with Gasteiger partial charge in [-0.3, -0.25) is 13.9 Å². The molecule has 3 rings (SSSR count). The van der Waals surface area contributed by atoms with Crippen molar-refractivity contribution in [1.82, 2.24) is 10.2 Å². The molecule has 39 heavy (non-hydrogen) atoms. The molecule has 0 bridgehead atoms. The molecule has 2 atom stereocenters. The van der Waals surface area contributed by atoms with Gasteiger partial charge >= 0.3 is 0 Å². The fourth-order valence-electron chi connectivity index (χ4n) is 4.19. The molecule has 0 radical (unpaired) electrons. The van der Waals surface area contributed by atoms with Crippen LogP contribution in [0.1, 0.15) is 44.7 Å². The van der Waals surface area contributed by atoms with Crippen molar-refractivity contribution in [3.05, 3.63) is 95.0 Å². The van der Waals surface area contributed by atoms with Crippen molar-refractivity contribution in [3.8, 4) is 0 Å². The number of amides is 2. The summed E-state index contributed by atoms with van der Waals surface area (Å²) >= 11 is 6.00. The summed E-state index contributed by atoms with van der Waals surface area (Å²) in [5.41, 5.74) is 2.04. The third-order valence-electron chi connectivity index (χ3n) is 6.55. The predicted molar refractivity (Wildman–Crippen MR) is 156 cm³/mol. The number of aryl methyl sites for hydroxylation is 1. The Hall–Kier alpha value is -3.36. The molecule has 9 heteroatoms. The highest BCUT2D eigenvalue weighted by atomic mass is 35.5. The van der Waals surface area contributed by atoms with Crippen LogP contribution in [-0.2, 0) is 26.2 Å². The molecule has 0 spiro atoms. The minimum Gasteiger partial charge on any atom is -0.352 e. The standard InChI is InChI=1S/C30H36ClN3O4S/c1-5-23(4)32-30(36)28(6-2)33(20-24-12-8-7-9-13-24)29(35)21-34(26-14-10-11-22(3)19-26)39(37,38)27-17-15-25(31)16-18-27/h7-19,23,28H,5-6,20-21H2,1-4H3,(H,32,36)/t23-,28-/m0/s1. The van der Waals surface area contributed by atoms with Gasteiger partial charge in [-0.2, -0.15) is 0 Å². The van der Waals surface area contributed by atoms with Crippen LogP contribution < -0.4 is 9.62 Å². The molecule has 3 aromatic carbocycles. The summed E-state index contributed by atoms with van der Waals surface area (Å²) in [6.45, 7) is 7.26. The molecule has 1 N–H and O–H groups in total. The van der Waals surface area contributed by atoms with E-state index in [1.54, 1.807) is 18.2 Å². The Labute approximate surface area is 236 Å². The van der Waals surface area contributed by atoms with Crippen LogP contribution >= 0.6 is 11.6 Å². The van der Waals surface area contributed by atoms with Crippen molar-refractivity contribution >= 4 is 39.1 Å². The Bertz CT molecular complexity index is 1360. The number of anilines is 1. The van der Waals surface area contributed by atoms with E-state index < -0.39 is 28.5 Å². The van der Waals surface area contributed by atoms with E-state index in [9.17, 15) is 18.0 Å². The molecule has 0 aliphatic carbocycles. The van der Waals surface area contributed by atoms with Gasteiger partial charge in [0, 0.05) is 17.6 Å². The van der Waals surface area contributed by atoms with Gasteiger partial charge in [0.15, 0.2) is 0 Å². The number of hydrogen-bond acceptors (Lipinski definition) is 4. The number of benzene rings is 3. The second-order valence-corrected chi connectivity index (χ2v) is 11.9. The molecular formula is C30H36ClN3O4S. The lowest BCUT2D eigenvalue weighted by Crippen LogP contribution is -2.53. The van der Waals surface area contributed by atoms with Gasteiger partial charge in [-0.05, 0) is 74.2 Å². The van der Waals surface area contributed by atoms with E-state index in [0.717, 1.165) is 21.9 Å². The minimum atomic E-state index is -4.14. The first-order chi connectivity index (χ1) is 18.6. The van der Waals surface area contributed by atoms with E-state index in [4.69, 9.17) is 11.6 Å². The van der Waals surface area contributed by atoms with E-state index in [-0.39, 0.29) is 23.4 Å². The largest absolute Gasteiger partial charge is 0.352 e. The van der Waals surface area contributed by atoms with Crippen molar-refractivity contribution < 1.29 is 18.0 Å². The predicted octanol–water partition coefficient (Wildman–Crippen LogP) is 5.57. The van der Waals surface area contributed by atoms with Crippen molar-refractivity contribution in [3.63, 3.8) is 0 Å². The molecule has 7 nitrogen and oxygen atoms in total. The number of hydrogen-bond donors (Lipinski definition) is 1. The second kappa shape index (κ2) is 13.6. The van der Waals surface area contributed by atoms with Crippen LogP contribution in [0.2, 0.25) is 5.02 Å². The summed E-state index contributed by atoms with van der Waals surface area (Å²) in [5, 5.41) is 3.38. The SMILES string of the molecule is CC[C@H](C)NC(=O)[C@H](CC)N(Cc1ccccc1)C(=O)CN(c1cccc(C)c1)S(=O)(=O)c1ccc(Cl)cc1. The van der Waals surface area contributed by atoms with Gasteiger partial charge in [-0.25, -0.2) is 8.42 Å². The maximum atomic E-state index is 14.0. The number of nitrogens with zero attached hydrogens (tertiary/aromatic N) is 2. The summed E-state index contributed by atoms with van der Waals surface area (Å²) in [6.07, 6.45) is 1.12. The average Bonchev–Trinajstić information content (AvgIpc) is 2.92. The van der Waals surface area contributed by atoms with Crippen molar-refractivity contribution in [2.75, 3.05) is 10.8 Å². The first-order valence-electron chi connectivity index (χ1n) is 13.1. The van der Waals surface area contributed by atoms with E-state index in [0.29, 0.717) is 17.1 Å². The van der Waals surface area contributed by atoms with Gasteiger partial charge in [0.25, 0.3) is 10.0 Å². The number of nitrogens with one attached hydrogen (secondary N) is 1. The summed E-state index contributed by atoms with van der Waals surface area (Å²) in [5.74, 6) is -0.747. The van der Waals surface area contributed by atoms with E-state index in [1.807, 2.05) is 64.1 Å². The highest BCUT2D eigenvalue weighted by Gasteiger charge is 2.34. The van der Waals surface area contributed by atoms with Crippen LogP contribution in [0.4, 0.5) is 5.69 Å². The minimum absolute atomic E-state index is 0.0115. The molecule has 0 heterocycles. The molecule has 0 saturated carbocycles. The molecule has 0 aliphatic heterocycles. The van der Waals surface area contributed by atoms with Gasteiger partial charge in [0.1, 0.15) is 12.6 Å².